The van der Waals surface area contributed by atoms with Crippen molar-refractivity contribution in [3.05, 3.63) is 92.7 Å². The van der Waals surface area contributed by atoms with Gasteiger partial charge in [-0.15, -0.1) is 0 Å². The molecule has 0 unspecified atom stereocenters. The molecule has 0 radical (unpaired) electrons. The highest BCUT2D eigenvalue weighted by atomic mass is 35.5. The van der Waals surface area contributed by atoms with Gasteiger partial charge in [0, 0.05) is 39.6 Å². The molecule has 188 valence electrons. The number of fused-ring (bicyclic) bond motifs is 1. The first-order chi connectivity index (χ1) is 17.1. The van der Waals surface area contributed by atoms with Gasteiger partial charge < -0.3 is 19.5 Å². The Bertz CT molecular complexity index is 1290. The summed E-state index contributed by atoms with van der Waals surface area (Å²) in [7, 11) is 1.47. The summed E-state index contributed by atoms with van der Waals surface area (Å²) in [6, 6.07) is 14.8. The zero-order valence-corrected chi connectivity index (χ0v) is 21.2. The molecule has 0 aromatic heterocycles. The third-order valence-corrected chi connectivity index (χ3v) is 6.63. The van der Waals surface area contributed by atoms with E-state index in [1.165, 1.54) is 31.4 Å². The lowest BCUT2D eigenvalue weighted by atomic mass is 9.91. The van der Waals surface area contributed by atoms with Crippen LogP contribution in [0.25, 0.3) is 0 Å². The van der Waals surface area contributed by atoms with Crippen molar-refractivity contribution in [1.82, 2.24) is 4.90 Å². The fraction of sp³-hybridized carbons (Fsp3) is 0.259. The first-order valence-corrected chi connectivity index (χ1v) is 11.9. The average Bonchev–Trinajstić information content (AvgIpc) is 3.16. The Hall–Kier alpha value is -3.29. The van der Waals surface area contributed by atoms with Gasteiger partial charge in [-0.2, -0.15) is 0 Å². The highest BCUT2D eigenvalue weighted by Crippen LogP contribution is 2.44. The van der Waals surface area contributed by atoms with Gasteiger partial charge in [-0.25, -0.2) is 4.39 Å². The zero-order valence-electron chi connectivity index (χ0n) is 19.7. The number of halogens is 3. The van der Waals surface area contributed by atoms with Crippen molar-refractivity contribution in [2.45, 2.75) is 31.9 Å². The number of hydrogen-bond acceptors (Lipinski definition) is 4. The minimum atomic E-state index is -1.23. The largest absolute Gasteiger partial charge is 0.493 e. The molecule has 1 heterocycles. The summed E-state index contributed by atoms with van der Waals surface area (Å²) in [5, 5.41) is 10.2. The molecule has 1 aliphatic heterocycles. The van der Waals surface area contributed by atoms with Crippen molar-refractivity contribution in [1.29, 1.82) is 0 Å². The predicted molar refractivity (Wildman–Crippen MR) is 135 cm³/mol. The number of carboxylic acids is 1. The molecule has 0 bridgehead atoms. The molecule has 3 aromatic carbocycles. The Morgan fingerprint density at radius 1 is 1.17 bits per heavy atom. The van der Waals surface area contributed by atoms with Crippen LogP contribution in [0.1, 0.15) is 34.0 Å². The number of benzene rings is 3. The van der Waals surface area contributed by atoms with Crippen LogP contribution in [0.4, 0.5) is 4.39 Å². The van der Waals surface area contributed by atoms with E-state index in [4.69, 9.17) is 32.7 Å². The monoisotopic (exact) mass is 531 g/mol. The summed E-state index contributed by atoms with van der Waals surface area (Å²) in [4.78, 5) is 26.0. The van der Waals surface area contributed by atoms with Gasteiger partial charge in [-0.3, -0.25) is 9.59 Å². The fourth-order valence-electron chi connectivity index (χ4n) is 4.42. The Kier molecular flexibility index (Phi) is 7.43. The van der Waals surface area contributed by atoms with Gasteiger partial charge in [0.2, 0.25) is 0 Å². The van der Waals surface area contributed by atoms with Crippen LogP contribution in [0, 0.1) is 5.82 Å². The summed E-state index contributed by atoms with van der Waals surface area (Å²) in [6.07, 6.45) is 1.10. The second kappa shape index (κ2) is 10.4. The van der Waals surface area contributed by atoms with Crippen molar-refractivity contribution in [2.24, 2.45) is 0 Å². The van der Waals surface area contributed by atoms with E-state index in [0.717, 1.165) is 16.0 Å². The second-order valence-corrected chi connectivity index (χ2v) is 9.80. The minimum Gasteiger partial charge on any atom is -0.493 e. The van der Waals surface area contributed by atoms with E-state index in [0.29, 0.717) is 29.4 Å². The first-order valence-electron chi connectivity index (χ1n) is 11.2. The van der Waals surface area contributed by atoms with Gasteiger partial charge in [0.15, 0.2) is 11.5 Å². The number of rotatable bonds is 8. The highest BCUT2D eigenvalue weighted by molar-refractivity contribution is 6.31. The Morgan fingerprint density at radius 2 is 1.89 bits per heavy atom. The van der Waals surface area contributed by atoms with Gasteiger partial charge in [-0.1, -0.05) is 41.4 Å². The Labute approximate surface area is 218 Å². The molecule has 0 spiro atoms. The second-order valence-electron chi connectivity index (χ2n) is 8.95. The van der Waals surface area contributed by atoms with E-state index >= 15 is 0 Å². The van der Waals surface area contributed by atoms with Crippen LogP contribution in [0.2, 0.25) is 10.0 Å². The number of aliphatic carboxylic acids is 1. The number of nitrogens with zero attached hydrogens (tertiary/aromatic N) is 1. The minimum absolute atomic E-state index is 0.0424. The van der Waals surface area contributed by atoms with Gasteiger partial charge in [0.25, 0.3) is 5.91 Å². The van der Waals surface area contributed by atoms with Crippen LogP contribution >= 0.6 is 23.2 Å². The van der Waals surface area contributed by atoms with Crippen molar-refractivity contribution < 1.29 is 28.6 Å². The van der Waals surface area contributed by atoms with Crippen molar-refractivity contribution in [3.63, 3.8) is 0 Å². The van der Waals surface area contributed by atoms with Crippen LogP contribution < -0.4 is 9.47 Å². The summed E-state index contributed by atoms with van der Waals surface area (Å²) in [5.41, 5.74) is 1.46. The van der Waals surface area contributed by atoms with Gasteiger partial charge in [0.05, 0.1) is 13.7 Å². The third-order valence-electron chi connectivity index (χ3n) is 6.03. The lowest BCUT2D eigenvalue weighted by Gasteiger charge is -2.24. The SMILES string of the molecule is COc1cc(C(=O)N(CC(=O)O)Cc2c(F)cccc2Cl)cc2c1O[C@@](C)(Cc1ccc(Cl)cc1)C2. The molecule has 3 aromatic rings. The third kappa shape index (κ3) is 5.58. The van der Waals surface area contributed by atoms with Crippen molar-refractivity contribution >= 4 is 35.1 Å². The summed E-state index contributed by atoms with van der Waals surface area (Å²) < 4.78 is 26.2. The maximum Gasteiger partial charge on any atom is 0.323 e. The maximum atomic E-state index is 14.4. The normalized spacial score (nSPS) is 16.2. The Balaban J connectivity index is 1.63. The fourth-order valence-corrected chi connectivity index (χ4v) is 4.77. The molecular formula is C27H24Cl2FNO5. The van der Waals surface area contributed by atoms with Gasteiger partial charge in [0.1, 0.15) is 18.0 Å². The number of methoxy groups -OCH3 is 1. The molecular weight excluding hydrogens is 508 g/mol. The smallest absolute Gasteiger partial charge is 0.323 e. The molecule has 1 amide bonds. The Morgan fingerprint density at radius 3 is 2.53 bits per heavy atom. The molecule has 0 saturated carbocycles. The highest BCUT2D eigenvalue weighted by Gasteiger charge is 2.38. The quantitative estimate of drug-likeness (QED) is 0.397. The summed E-state index contributed by atoms with van der Waals surface area (Å²) in [5.74, 6) is -1.56. The molecule has 1 aliphatic rings. The lowest BCUT2D eigenvalue weighted by Crippen LogP contribution is -2.35. The molecule has 0 fully saturated rings. The average molecular weight is 532 g/mol. The lowest BCUT2D eigenvalue weighted by molar-refractivity contribution is -0.137. The van der Waals surface area contributed by atoms with E-state index in [-0.39, 0.29) is 22.7 Å². The summed E-state index contributed by atoms with van der Waals surface area (Å²) >= 11 is 12.1. The molecule has 6 nitrogen and oxygen atoms in total. The topological polar surface area (TPSA) is 76.1 Å². The first kappa shape index (κ1) is 25.8. The molecule has 1 N–H and O–H groups in total. The van der Waals surface area contributed by atoms with Gasteiger partial charge >= 0.3 is 5.97 Å². The number of ether oxygens (including phenoxy) is 2. The van der Waals surface area contributed by atoms with Crippen LogP contribution in [-0.2, 0) is 24.2 Å². The predicted octanol–water partition coefficient (Wildman–Crippen LogP) is 5.80. The molecule has 9 heteroatoms. The van der Waals surface area contributed by atoms with Crippen LogP contribution in [0.15, 0.2) is 54.6 Å². The van der Waals surface area contributed by atoms with Crippen molar-refractivity contribution in [3.8, 4) is 11.5 Å². The molecule has 0 saturated heterocycles. The maximum absolute atomic E-state index is 14.4. The van der Waals surface area contributed by atoms with Gasteiger partial charge in [-0.05, 0) is 48.9 Å². The van der Waals surface area contributed by atoms with Crippen molar-refractivity contribution in [2.75, 3.05) is 13.7 Å². The zero-order chi connectivity index (χ0) is 26.0. The van der Waals surface area contributed by atoms with E-state index in [1.807, 2.05) is 31.2 Å². The number of carbonyl (C=O) groups excluding carboxylic acids is 1. The number of carbonyl (C=O) groups is 2. The van der Waals surface area contributed by atoms with Crippen LogP contribution in [0.3, 0.4) is 0 Å². The number of amides is 1. The molecule has 0 aliphatic carbocycles. The van der Waals surface area contributed by atoms with Crippen LogP contribution in [-0.4, -0.2) is 41.1 Å². The molecule has 1 atom stereocenters. The molecule has 36 heavy (non-hydrogen) atoms. The standard InChI is InChI=1S/C27H24Cl2FNO5/c1-27(12-16-6-8-19(28)9-7-16)13-18-10-17(11-23(35-2)25(18)36-27)26(34)31(15-24(32)33)14-20-21(29)4-3-5-22(20)30/h3-11H,12-15H2,1-2H3,(H,32,33)/t27-/m0/s1. The number of carboxylic acid groups (broad SMARTS) is 1. The number of hydrogen-bond donors (Lipinski definition) is 1. The van der Waals surface area contributed by atoms with Crippen LogP contribution in [0.5, 0.6) is 11.5 Å². The molecule has 4 rings (SSSR count). The van der Waals surface area contributed by atoms with E-state index in [2.05, 4.69) is 0 Å². The van der Waals surface area contributed by atoms with E-state index in [9.17, 15) is 19.1 Å². The van der Waals surface area contributed by atoms with E-state index < -0.39 is 29.8 Å². The summed E-state index contributed by atoms with van der Waals surface area (Å²) in [6.45, 7) is 1.04. The van der Waals surface area contributed by atoms with E-state index in [1.54, 1.807) is 6.07 Å².